The monoisotopic (exact) mass is 295 g/mol. The van der Waals surface area contributed by atoms with Gasteiger partial charge in [0.2, 0.25) is 0 Å². The van der Waals surface area contributed by atoms with Crippen LogP contribution in [0.5, 0.6) is 0 Å². The number of aromatic nitrogens is 3. The molecule has 19 heavy (non-hydrogen) atoms. The highest BCUT2D eigenvalue weighted by Gasteiger charge is 2.18. The van der Waals surface area contributed by atoms with Crippen LogP contribution in [-0.4, -0.2) is 26.0 Å². The van der Waals surface area contributed by atoms with Gasteiger partial charge < -0.3 is 5.11 Å². The van der Waals surface area contributed by atoms with Crippen LogP contribution in [0.1, 0.15) is 33.8 Å². The molecule has 0 bridgehead atoms. The number of nitrogens with zero attached hydrogens (tertiary/aromatic N) is 3. The van der Waals surface area contributed by atoms with Gasteiger partial charge in [-0.3, -0.25) is 0 Å². The van der Waals surface area contributed by atoms with Crippen LogP contribution in [0.4, 0.5) is 0 Å². The van der Waals surface area contributed by atoms with E-state index in [-0.39, 0.29) is 5.56 Å². The average molecular weight is 295 g/mol. The minimum absolute atomic E-state index is 0.193. The van der Waals surface area contributed by atoms with Crippen molar-refractivity contribution in [3.05, 3.63) is 33.7 Å². The van der Waals surface area contributed by atoms with E-state index in [0.29, 0.717) is 28.7 Å². The molecule has 0 unspecified atom stereocenters. The minimum Gasteiger partial charge on any atom is -0.478 e. The summed E-state index contributed by atoms with van der Waals surface area (Å²) in [6.07, 6.45) is 2.42. The van der Waals surface area contributed by atoms with Gasteiger partial charge >= 0.3 is 5.97 Å². The quantitative estimate of drug-likeness (QED) is 0.675. The number of aromatic carboxylic acids is 1. The van der Waals surface area contributed by atoms with Crippen LogP contribution in [0, 0.1) is 6.92 Å². The van der Waals surface area contributed by atoms with Gasteiger partial charge in [0.05, 0.1) is 11.4 Å². The van der Waals surface area contributed by atoms with Gasteiger partial charge in [0.1, 0.15) is 21.4 Å². The van der Waals surface area contributed by atoms with Crippen molar-refractivity contribution in [2.45, 2.75) is 31.0 Å². The van der Waals surface area contributed by atoms with Crippen molar-refractivity contribution < 1.29 is 9.90 Å². The number of hydrogen-bond donors (Lipinski definition) is 1. The standard InChI is InChI=1S/C12H13N3O2S2/c1-3-8-14-7(2)10(12(16)17)11(15-8)19-6-9-13-4-5-18-9/h4-5H,3,6H2,1-2H3,(H,16,17). The Morgan fingerprint density at radius 2 is 2.26 bits per heavy atom. The van der Waals surface area contributed by atoms with Gasteiger partial charge in [-0.05, 0) is 6.92 Å². The summed E-state index contributed by atoms with van der Waals surface area (Å²) in [6, 6.07) is 0. The summed E-state index contributed by atoms with van der Waals surface area (Å²) in [4.78, 5) is 24.0. The molecule has 1 N–H and O–H groups in total. The van der Waals surface area contributed by atoms with Crippen molar-refractivity contribution in [2.24, 2.45) is 0 Å². The molecule has 2 rings (SSSR count). The molecule has 2 heterocycles. The second-order valence-electron chi connectivity index (χ2n) is 3.78. The van der Waals surface area contributed by atoms with Crippen molar-refractivity contribution in [3.63, 3.8) is 0 Å². The molecule has 0 aromatic carbocycles. The predicted molar refractivity (Wildman–Crippen MR) is 74.8 cm³/mol. The topological polar surface area (TPSA) is 76.0 Å². The Morgan fingerprint density at radius 3 is 2.84 bits per heavy atom. The molecule has 2 aromatic rings. The van der Waals surface area contributed by atoms with E-state index >= 15 is 0 Å². The number of carbonyl (C=O) groups is 1. The summed E-state index contributed by atoms with van der Waals surface area (Å²) in [5.74, 6) is 0.309. The average Bonchev–Trinajstić information content (AvgIpc) is 2.88. The fourth-order valence-electron chi connectivity index (χ4n) is 1.57. The van der Waals surface area contributed by atoms with Crippen LogP contribution >= 0.6 is 23.1 Å². The number of carboxylic acids is 1. The number of thioether (sulfide) groups is 1. The molecule has 2 aromatic heterocycles. The first-order valence-corrected chi connectivity index (χ1v) is 7.60. The SMILES string of the molecule is CCc1nc(C)c(C(=O)O)c(SCc2nccs2)n1. The van der Waals surface area contributed by atoms with E-state index in [9.17, 15) is 9.90 Å². The predicted octanol–water partition coefficient (Wildman–Crippen LogP) is 2.79. The Hall–Kier alpha value is -1.47. The number of aryl methyl sites for hydroxylation is 2. The zero-order valence-corrected chi connectivity index (χ0v) is 12.2. The summed E-state index contributed by atoms with van der Waals surface area (Å²) >= 11 is 2.94. The molecule has 0 saturated carbocycles. The second-order valence-corrected chi connectivity index (χ2v) is 5.72. The van der Waals surface area contributed by atoms with Crippen molar-refractivity contribution in [1.82, 2.24) is 15.0 Å². The zero-order valence-electron chi connectivity index (χ0n) is 10.6. The van der Waals surface area contributed by atoms with Crippen molar-refractivity contribution in [3.8, 4) is 0 Å². The first-order valence-electron chi connectivity index (χ1n) is 5.73. The minimum atomic E-state index is -0.984. The van der Waals surface area contributed by atoms with Gasteiger partial charge in [0, 0.05) is 18.0 Å². The summed E-state index contributed by atoms with van der Waals surface area (Å²) in [6.45, 7) is 3.65. The molecule has 7 heteroatoms. The van der Waals surface area contributed by atoms with Crippen LogP contribution < -0.4 is 0 Å². The summed E-state index contributed by atoms with van der Waals surface area (Å²) in [7, 11) is 0. The molecule has 0 saturated heterocycles. The van der Waals surface area contributed by atoms with Crippen LogP contribution in [0.15, 0.2) is 16.6 Å². The number of rotatable bonds is 5. The molecule has 0 radical (unpaired) electrons. The first-order chi connectivity index (χ1) is 9.11. The van der Waals surface area contributed by atoms with Crippen molar-refractivity contribution >= 4 is 29.1 Å². The summed E-state index contributed by atoms with van der Waals surface area (Å²) < 4.78 is 0. The lowest BCUT2D eigenvalue weighted by atomic mass is 10.2. The highest BCUT2D eigenvalue weighted by Crippen LogP contribution is 2.27. The lowest BCUT2D eigenvalue weighted by Gasteiger charge is -2.08. The zero-order chi connectivity index (χ0) is 13.8. The van der Waals surface area contributed by atoms with E-state index < -0.39 is 5.97 Å². The van der Waals surface area contributed by atoms with Crippen LogP contribution in [0.25, 0.3) is 0 Å². The van der Waals surface area contributed by atoms with Gasteiger partial charge in [0.15, 0.2) is 0 Å². The third kappa shape index (κ3) is 3.30. The fraction of sp³-hybridized carbons (Fsp3) is 0.333. The van der Waals surface area contributed by atoms with Crippen molar-refractivity contribution in [1.29, 1.82) is 0 Å². The number of carboxylic acid groups (broad SMARTS) is 1. The molecule has 0 amide bonds. The van der Waals surface area contributed by atoms with Gasteiger partial charge in [-0.2, -0.15) is 0 Å². The number of thiazole rings is 1. The molecular formula is C12H13N3O2S2. The highest BCUT2D eigenvalue weighted by atomic mass is 32.2. The Kier molecular flexibility index (Phi) is 4.49. The molecule has 0 aliphatic rings. The summed E-state index contributed by atoms with van der Waals surface area (Å²) in [5.41, 5.74) is 0.708. The third-order valence-electron chi connectivity index (χ3n) is 2.45. The number of hydrogen-bond acceptors (Lipinski definition) is 6. The molecule has 0 aliphatic carbocycles. The Bertz CT molecular complexity index is 585. The van der Waals surface area contributed by atoms with E-state index in [0.717, 1.165) is 5.01 Å². The molecule has 100 valence electrons. The highest BCUT2D eigenvalue weighted by molar-refractivity contribution is 7.98. The van der Waals surface area contributed by atoms with E-state index in [4.69, 9.17) is 0 Å². The van der Waals surface area contributed by atoms with Crippen molar-refractivity contribution in [2.75, 3.05) is 0 Å². The van der Waals surface area contributed by atoms with E-state index in [1.807, 2.05) is 12.3 Å². The lowest BCUT2D eigenvalue weighted by Crippen LogP contribution is -2.09. The van der Waals surface area contributed by atoms with E-state index in [1.54, 1.807) is 24.5 Å². The molecule has 5 nitrogen and oxygen atoms in total. The largest absolute Gasteiger partial charge is 0.478 e. The maximum Gasteiger partial charge on any atom is 0.340 e. The van der Waals surface area contributed by atoms with Gasteiger partial charge in [-0.25, -0.2) is 19.7 Å². The Morgan fingerprint density at radius 1 is 1.47 bits per heavy atom. The van der Waals surface area contributed by atoms with E-state index in [2.05, 4.69) is 15.0 Å². The van der Waals surface area contributed by atoms with E-state index in [1.165, 1.54) is 11.8 Å². The van der Waals surface area contributed by atoms with Crippen LogP contribution in [0.2, 0.25) is 0 Å². The smallest absolute Gasteiger partial charge is 0.340 e. The summed E-state index contributed by atoms with van der Waals surface area (Å²) in [5, 5.41) is 12.6. The first kappa shape index (κ1) is 14.0. The Balaban J connectivity index is 2.30. The molecule has 0 spiro atoms. The molecular weight excluding hydrogens is 282 g/mol. The third-order valence-corrected chi connectivity index (χ3v) is 4.40. The fourth-order valence-corrected chi connectivity index (χ4v) is 3.30. The lowest BCUT2D eigenvalue weighted by molar-refractivity contribution is 0.0690. The van der Waals surface area contributed by atoms with Gasteiger partial charge in [0.25, 0.3) is 0 Å². The normalized spacial score (nSPS) is 10.6. The van der Waals surface area contributed by atoms with Gasteiger partial charge in [-0.15, -0.1) is 11.3 Å². The molecule has 0 aliphatic heterocycles. The van der Waals surface area contributed by atoms with Crippen LogP contribution in [-0.2, 0) is 12.2 Å². The maximum atomic E-state index is 11.3. The molecule has 0 fully saturated rings. The van der Waals surface area contributed by atoms with Gasteiger partial charge in [-0.1, -0.05) is 18.7 Å². The maximum absolute atomic E-state index is 11.3. The molecule has 0 atom stereocenters. The Labute approximate surface area is 119 Å². The van der Waals surface area contributed by atoms with Crippen LogP contribution in [0.3, 0.4) is 0 Å². The second kappa shape index (κ2) is 6.12.